The van der Waals surface area contributed by atoms with E-state index < -0.39 is 7.82 Å². The number of rotatable bonds is 12. The first-order chi connectivity index (χ1) is 18.7. The first-order valence-corrected chi connectivity index (χ1v) is 13.7. The Hall–Kier alpha value is -4.39. The van der Waals surface area contributed by atoms with Crippen LogP contribution in [0.25, 0.3) is 0 Å². The lowest BCUT2D eigenvalue weighted by Gasteiger charge is -2.14. The third kappa shape index (κ3) is 7.80. The smallest absolute Gasteiger partial charge is 0.507 e. The second-order valence-corrected chi connectivity index (χ2v) is 10.1. The van der Waals surface area contributed by atoms with Gasteiger partial charge < -0.3 is 19.3 Å². The van der Waals surface area contributed by atoms with Gasteiger partial charge in [-0.2, -0.15) is 0 Å². The Bertz CT molecular complexity index is 1390. The molecule has 0 spiro atoms. The van der Waals surface area contributed by atoms with Gasteiger partial charge in [0.1, 0.15) is 23.0 Å². The quantitative estimate of drug-likeness (QED) is 0.140. The zero-order valence-corrected chi connectivity index (χ0v) is 21.8. The highest BCUT2D eigenvalue weighted by atomic mass is 31.2. The van der Waals surface area contributed by atoms with Crippen molar-refractivity contribution in [3.63, 3.8) is 0 Å². The molecule has 4 aromatic rings. The largest absolute Gasteiger partial charge is 0.584 e. The normalized spacial score (nSPS) is 11.1. The average Bonchev–Trinajstić information content (AvgIpc) is 2.92. The number of phenols is 2. The number of phenolic OH excluding ortho intramolecular Hbond substituents is 2. The Morgan fingerprint density at radius 1 is 0.590 bits per heavy atom. The molecule has 0 bridgehead atoms. The average molecular weight is 547 g/mol. The fraction of sp³-hybridized carbons (Fsp3) is 0.133. The monoisotopic (exact) mass is 546 g/mol. The molecule has 0 radical (unpaired) electrons. The van der Waals surface area contributed by atoms with Gasteiger partial charge in [0, 0.05) is 12.8 Å². The van der Waals surface area contributed by atoms with Crippen LogP contribution < -0.4 is 9.05 Å². The van der Waals surface area contributed by atoms with Crippen molar-refractivity contribution in [1.29, 1.82) is 0 Å². The van der Waals surface area contributed by atoms with E-state index in [0.29, 0.717) is 12.8 Å². The minimum atomic E-state index is -4.48. The molecule has 39 heavy (non-hydrogen) atoms. The van der Waals surface area contributed by atoms with Gasteiger partial charge >= 0.3 is 7.82 Å². The van der Waals surface area contributed by atoms with E-state index in [2.05, 4.69) is 0 Å². The third-order valence-corrected chi connectivity index (χ3v) is 6.86. The zero-order chi connectivity index (χ0) is 27.8. The van der Waals surface area contributed by atoms with Crippen molar-refractivity contribution in [1.82, 2.24) is 0 Å². The van der Waals surface area contributed by atoms with Crippen molar-refractivity contribution in [2.75, 3.05) is 0 Å². The number of benzene rings is 4. The summed E-state index contributed by atoms with van der Waals surface area (Å²) in [4.78, 5) is 34.9. The van der Waals surface area contributed by atoms with Crippen molar-refractivity contribution < 1.29 is 38.3 Å². The Balaban J connectivity index is 1.27. The summed E-state index contributed by atoms with van der Waals surface area (Å²) in [5.41, 5.74) is 2.17. The molecule has 3 N–H and O–H groups in total. The molecule has 0 unspecified atom stereocenters. The van der Waals surface area contributed by atoms with Gasteiger partial charge in [0.15, 0.2) is 11.6 Å². The third-order valence-electron chi connectivity index (χ3n) is 5.98. The van der Waals surface area contributed by atoms with Crippen LogP contribution in [0, 0.1) is 0 Å². The van der Waals surface area contributed by atoms with E-state index in [1.807, 2.05) is 0 Å². The molecule has 0 saturated heterocycles. The standard InChI is InChI=1S/C30H27O8P/c31-27-7-3-1-5-25(27)29(33)19-13-21-9-15-23(16-10-21)37-39(35,36)38-24-17-11-22(12-18-24)14-20-30(34)26-6-2-4-8-28(26)32/h1-12,15-18,31-32H,13-14,19-20H2,(H,35,36). The summed E-state index contributed by atoms with van der Waals surface area (Å²) in [5, 5.41) is 19.6. The minimum Gasteiger partial charge on any atom is -0.507 e. The number of para-hydroxylation sites is 2. The summed E-state index contributed by atoms with van der Waals surface area (Å²) in [6.07, 6.45) is 1.23. The van der Waals surface area contributed by atoms with Gasteiger partial charge in [0.2, 0.25) is 0 Å². The van der Waals surface area contributed by atoms with Crippen LogP contribution >= 0.6 is 7.82 Å². The Labute approximate surface area is 225 Å². The lowest BCUT2D eigenvalue weighted by atomic mass is 10.0. The van der Waals surface area contributed by atoms with E-state index in [9.17, 15) is 29.3 Å². The molecule has 0 fully saturated rings. The molecule has 200 valence electrons. The van der Waals surface area contributed by atoms with Crippen LogP contribution in [0.5, 0.6) is 23.0 Å². The van der Waals surface area contributed by atoms with Crippen LogP contribution in [-0.2, 0) is 17.4 Å². The van der Waals surface area contributed by atoms with Crippen LogP contribution in [0.2, 0.25) is 0 Å². The SMILES string of the molecule is O=C(CCc1ccc(OP(=O)(O)Oc2ccc(CCC(=O)c3ccccc3O)cc2)cc1)c1ccccc1O. The number of phosphoric ester groups is 1. The van der Waals surface area contributed by atoms with Gasteiger partial charge in [-0.3, -0.25) is 14.5 Å². The van der Waals surface area contributed by atoms with E-state index in [1.54, 1.807) is 60.7 Å². The highest BCUT2D eigenvalue weighted by Gasteiger charge is 2.25. The van der Waals surface area contributed by atoms with Crippen LogP contribution in [-0.4, -0.2) is 26.7 Å². The maximum absolute atomic E-state index is 12.5. The summed E-state index contributed by atoms with van der Waals surface area (Å²) in [6, 6.07) is 25.5. The van der Waals surface area contributed by atoms with E-state index in [0.717, 1.165) is 11.1 Å². The van der Waals surface area contributed by atoms with Crippen molar-refractivity contribution in [2.45, 2.75) is 25.7 Å². The fourth-order valence-electron chi connectivity index (χ4n) is 3.92. The summed E-state index contributed by atoms with van der Waals surface area (Å²) in [6.45, 7) is 0. The second kappa shape index (κ2) is 12.4. The predicted molar refractivity (Wildman–Crippen MR) is 145 cm³/mol. The molecule has 0 saturated carbocycles. The number of aryl methyl sites for hydroxylation is 2. The molecule has 0 aliphatic heterocycles. The number of carbonyl (C=O) groups excluding carboxylic acids is 2. The second-order valence-electron chi connectivity index (χ2n) is 8.82. The summed E-state index contributed by atoms with van der Waals surface area (Å²) in [5.74, 6) is -0.241. The number of hydrogen-bond acceptors (Lipinski definition) is 7. The molecule has 8 nitrogen and oxygen atoms in total. The van der Waals surface area contributed by atoms with Gasteiger partial charge in [-0.05, 0) is 72.5 Å². The van der Waals surface area contributed by atoms with Gasteiger partial charge in [-0.1, -0.05) is 48.5 Å². The molecule has 0 heterocycles. The zero-order valence-electron chi connectivity index (χ0n) is 20.9. The molecule has 0 aliphatic carbocycles. The molecule has 4 aromatic carbocycles. The van der Waals surface area contributed by atoms with Crippen LogP contribution in [0.15, 0.2) is 97.1 Å². The first kappa shape index (κ1) is 27.6. The maximum atomic E-state index is 12.5. The minimum absolute atomic E-state index is 0.0566. The van der Waals surface area contributed by atoms with Crippen molar-refractivity contribution in [2.24, 2.45) is 0 Å². The fourth-order valence-corrected chi connectivity index (χ4v) is 4.74. The lowest BCUT2D eigenvalue weighted by molar-refractivity contribution is 0.0972. The van der Waals surface area contributed by atoms with Crippen molar-refractivity contribution in [3.8, 4) is 23.0 Å². The Morgan fingerprint density at radius 2 is 0.949 bits per heavy atom. The lowest BCUT2D eigenvalue weighted by Crippen LogP contribution is -2.02. The predicted octanol–water partition coefficient (Wildman–Crippen LogP) is 6.29. The van der Waals surface area contributed by atoms with Gasteiger partial charge in [0.05, 0.1) is 11.1 Å². The Morgan fingerprint density at radius 3 is 1.31 bits per heavy atom. The molecule has 0 aromatic heterocycles. The molecule has 0 amide bonds. The van der Waals surface area contributed by atoms with Crippen molar-refractivity contribution >= 4 is 19.4 Å². The van der Waals surface area contributed by atoms with Crippen LogP contribution in [0.3, 0.4) is 0 Å². The van der Waals surface area contributed by atoms with Crippen molar-refractivity contribution in [3.05, 3.63) is 119 Å². The molecular formula is C30H27O8P. The summed E-state index contributed by atoms with van der Waals surface area (Å²) < 4.78 is 22.8. The molecule has 9 heteroatoms. The highest BCUT2D eigenvalue weighted by molar-refractivity contribution is 7.48. The van der Waals surface area contributed by atoms with E-state index in [1.165, 1.54) is 36.4 Å². The summed E-state index contributed by atoms with van der Waals surface area (Å²) >= 11 is 0. The van der Waals surface area contributed by atoms with E-state index in [-0.39, 0.29) is 58.5 Å². The maximum Gasteiger partial charge on any atom is 0.584 e. The van der Waals surface area contributed by atoms with E-state index >= 15 is 0 Å². The molecule has 0 atom stereocenters. The summed E-state index contributed by atoms with van der Waals surface area (Å²) in [7, 11) is -4.48. The highest BCUT2D eigenvalue weighted by Crippen LogP contribution is 2.44. The number of ketones is 2. The molecule has 4 rings (SSSR count). The molecule has 0 aliphatic rings. The number of Topliss-reactive ketones (excluding diaryl/α,β-unsaturated/α-hetero) is 2. The van der Waals surface area contributed by atoms with Gasteiger partial charge in [0.25, 0.3) is 0 Å². The van der Waals surface area contributed by atoms with E-state index in [4.69, 9.17) is 9.05 Å². The number of carbonyl (C=O) groups is 2. The number of phosphoric acid groups is 1. The van der Waals surface area contributed by atoms with Gasteiger partial charge in [-0.25, -0.2) is 4.57 Å². The Kier molecular flexibility index (Phi) is 8.81. The van der Waals surface area contributed by atoms with Crippen LogP contribution in [0.4, 0.5) is 0 Å². The number of hydrogen-bond donors (Lipinski definition) is 3. The number of aromatic hydroxyl groups is 2. The first-order valence-electron chi connectivity index (χ1n) is 12.2. The van der Waals surface area contributed by atoms with Gasteiger partial charge in [-0.15, -0.1) is 0 Å². The topological polar surface area (TPSA) is 130 Å². The van der Waals surface area contributed by atoms with Crippen LogP contribution in [0.1, 0.15) is 44.7 Å². The molecular weight excluding hydrogens is 519 g/mol.